The fourth-order valence-corrected chi connectivity index (χ4v) is 2.20. The highest BCUT2D eigenvalue weighted by molar-refractivity contribution is 8.14. The van der Waals surface area contributed by atoms with Crippen molar-refractivity contribution in [3.8, 4) is 6.07 Å². The number of carbonyl (C=O) groups is 2. The molecule has 1 fully saturated rings. The number of nitrogens with zero attached hydrogens (tertiary/aromatic N) is 2. The Bertz CT molecular complexity index is 477. The molecule has 1 aliphatic heterocycles. The Kier molecular flexibility index (Phi) is 2.93. The van der Waals surface area contributed by atoms with E-state index in [2.05, 4.69) is 0 Å². The van der Waals surface area contributed by atoms with Crippen molar-refractivity contribution in [2.75, 3.05) is 5.75 Å². The lowest BCUT2D eigenvalue weighted by molar-refractivity contribution is -0.125. The normalized spacial score (nSPS) is 15.3. The predicted molar refractivity (Wildman–Crippen MR) is 59.6 cm³/mol. The largest absolute Gasteiger partial charge is 0.289 e. The number of rotatable bonds is 2. The molecule has 2 rings (SSSR count). The van der Waals surface area contributed by atoms with Gasteiger partial charge in [-0.2, -0.15) is 5.26 Å². The Labute approximate surface area is 96.8 Å². The molecule has 0 aromatic heterocycles. The molecule has 0 atom stereocenters. The first-order chi connectivity index (χ1) is 7.72. The molecule has 0 bridgehead atoms. The molecule has 5 heteroatoms. The van der Waals surface area contributed by atoms with Gasteiger partial charge in [-0.15, -0.1) is 0 Å². The highest BCUT2D eigenvalue weighted by Gasteiger charge is 2.30. The summed E-state index contributed by atoms with van der Waals surface area (Å²) in [4.78, 5) is 23.9. The number of amides is 2. The van der Waals surface area contributed by atoms with E-state index in [0.717, 1.165) is 11.8 Å². The van der Waals surface area contributed by atoms with Crippen LogP contribution < -0.4 is 0 Å². The molecule has 1 aromatic carbocycles. The number of benzene rings is 1. The highest BCUT2D eigenvalue weighted by atomic mass is 32.2. The second-order valence-corrected chi connectivity index (χ2v) is 4.23. The number of imide groups is 1. The maximum atomic E-state index is 11.4. The smallest absolute Gasteiger partial charge is 0.273 e. The van der Waals surface area contributed by atoms with Crippen LogP contribution in [0.3, 0.4) is 0 Å². The standard InChI is InChI=1S/C11H8N2O2S/c12-5-8-3-1-2-4-9(8)6-13-10(14)7-16-11(13)15/h1-4H,6-7H2. The monoisotopic (exact) mass is 232 g/mol. The summed E-state index contributed by atoms with van der Waals surface area (Å²) in [6.07, 6.45) is 0. The molecule has 1 heterocycles. The minimum atomic E-state index is -0.238. The Hall–Kier alpha value is -1.80. The van der Waals surface area contributed by atoms with E-state index in [9.17, 15) is 9.59 Å². The predicted octanol–water partition coefficient (Wildman–Crippen LogP) is 1.75. The molecule has 0 saturated carbocycles. The molecule has 1 aromatic rings. The van der Waals surface area contributed by atoms with Gasteiger partial charge >= 0.3 is 0 Å². The quantitative estimate of drug-likeness (QED) is 0.779. The topological polar surface area (TPSA) is 61.2 Å². The summed E-state index contributed by atoms with van der Waals surface area (Å²) in [5.41, 5.74) is 1.20. The minimum absolute atomic E-state index is 0.189. The van der Waals surface area contributed by atoms with E-state index < -0.39 is 0 Å². The summed E-state index contributed by atoms with van der Waals surface area (Å²) in [6.45, 7) is 0.189. The summed E-state index contributed by atoms with van der Waals surface area (Å²) in [5.74, 6) is 0.0100. The van der Waals surface area contributed by atoms with Crippen LogP contribution in [0, 0.1) is 11.3 Å². The fraction of sp³-hybridized carbons (Fsp3) is 0.182. The maximum absolute atomic E-state index is 11.4. The molecule has 80 valence electrons. The number of hydrogen-bond acceptors (Lipinski definition) is 4. The molecular formula is C11H8N2O2S. The number of hydrogen-bond donors (Lipinski definition) is 0. The molecular weight excluding hydrogens is 224 g/mol. The molecule has 0 N–H and O–H groups in total. The van der Waals surface area contributed by atoms with Crippen molar-refractivity contribution < 1.29 is 9.59 Å². The van der Waals surface area contributed by atoms with Crippen molar-refractivity contribution in [3.63, 3.8) is 0 Å². The van der Waals surface area contributed by atoms with Crippen LogP contribution in [0.5, 0.6) is 0 Å². The first-order valence-corrected chi connectivity index (χ1v) is 5.66. The molecule has 16 heavy (non-hydrogen) atoms. The lowest BCUT2D eigenvalue weighted by Crippen LogP contribution is -2.28. The number of thioether (sulfide) groups is 1. The molecule has 0 unspecified atom stereocenters. The third-order valence-corrected chi connectivity index (χ3v) is 3.17. The average molecular weight is 232 g/mol. The summed E-state index contributed by atoms with van der Waals surface area (Å²) < 4.78 is 0. The van der Waals surface area contributed by atoms with Crippen LogP contribution in [0.15, 0.2) is 24.3 Å². The van der Waals surface area contributed by atoms with Crippen molar-refractivity contribution >= 4 is 22.9 Å². The van der Waals surface area contributed by atoms with E-state index in [4.69, 9.17) is 5.26 Å². The third kappa shape index (κ3) is 1.92. The molecule has 1 aliphatic rings. The number of carbonyl (C=O) groups excluding carboxylic acids is 2. The van der Waals surface area contributed by atoms with Gasteiger partial charge in [-0.25, -0.2) is 0 Å². The molecule has 0 aliphatic carbocycles. The van der Waals surface area contributed by atoms with Crippen LogP contribution in [0.25, 0.3) is 0 Å². The van der Waals surface area contributed by atoms with E-state index in [0.29, 0.717) is 11.1 Å². The van der Waals surface area contributed by atoms with Gasteiger partial charge in [0.1, 0.15) is 0 Å². The lowest BCUT2D eigenvalue weighted by atomic mass is 10.1. The zero-order chi connectivity index (χ0) is 11.5. The Morgan fingerprint density at radius 1 is 1.38 bits per heavy atom. The van der Waals surface area contributed by atoms with E-state index in [1.54, 1.807) is 24.3 Å². The molecule has 1 saturated heterocycles. The van der Waals surface area contributed by atoms with Crippen molar-refractivity contribution in [2.45, 2.75) is 6.54 Å². The van der Waals surface area contributed by atoms with Gasteiger partial charge < -0.3 is 0 Å². The van der Waals surface area contributed by atoms with Gasteiger partial charge in [0, 0.05) is 0 Å². The Morgan fingerprint density at radius 2 is 2.12 bits per heavy atom. The average Bonchev–Trinajstić information content (AvgIpc) is 2.61. The molecule has 0 spiro atoms. The first-order valence-electron chi connectivity index (χ1n) is 4.67. The summed E-state index contributed by atoms with van der Waals surface area (Å²) >= 11 is 1.00. The van der Waals surface area contributed by atoms with Gasteiger partial charge in [-0.1, -0.05) is 30.0 Å². The van der Waals surface area contributed by atoms with Gasteiger partial charge in [0.05, 0.1) is 23.9 Å². The van der Waals surface area contributed by atoms with Crippen LogP contribution in [0.1, 0.15) is 11.1 Å². The minimum Gasteiger partial charge on any atom is -0.273 e. The van der Waals surface area contributed by atoms with Gasteiger partial charge in [-0.3, -0.25) is 14.5 Å². The van der Waals surface area contributed by atoms with Crippen molar-refractivity contribution in [2.24, 2.45) is 0 Å². The van der Waals surface area contributed by atoms with Crippen LogP contribution in [0.2, 0.25) is 0 Å². The van der Waals surface area contributed by atoms with Gasteiger partial charge in [-0.05, 0) is 11.6 Å². The summed E-state index contributed by atoms with van der Waals surface area (Å²) in [5, 5.41) is 8.64. The van der Waals surface area contributed by atoms with Crippen LogP contribution >= 0.6 is 11.8 Å². The Morgan fingerprint density at radius 3 is 2.75 bits per heavy atom. The number of nitriles is 1. The van der Waals surface area contributed by atoms with E-state index in [1.807, 2.05) is 6.07 Å². The van der Waals surface area contributed by atoms with Crippen LogP contribution in [0.4, 0.5) is 4.79 Å². The van der Waals surface area contributed by atoms with Crippen molar-refractivity contribution in [3.05, 3.63) is 35.4 Å². The van der Waals surface area contributed by atoms with E-state index in [1.165, 1.54) is 4.90 Å². The summed E-state index contributed by atoms with van der Waals surface area (Å²) in [7, 11) is 0. The summed E-state index contributed by atoms with van der Waals surface area (Å²) in [6, 6.07) is 9.01. The van der Waals surface area contributed by atoms with Crippen LogP contribution in [-0.4, -0.2) is 21.8 Å². The second-order valence-electron chi connectivity index (χ2n) is 3.30. The maximum Gasteiger partial charge on any atom is 0.289 e. The SMILES string of the molecule is N#Cc1ccccc1CN1C(=O)CSC1=O. The third-order valence-electron chi connectivity index (χ3n) is 2.31. The molecule has 2 amide bonds. The van der Waals surface area contributed by atoms with Gasteiger partial charge in [0.15, 0.2) is 0 Å². The highest BCUT2D eigenvalue weighted by Crippen LogP contribution is 2.22. The van der Waals surface area contributed by atoms with Gasteiger partial charge in [0.25, 0.3) is 5.24 Å². The second kappa shape index (κ2) is 4.37. The van der Waals surface area contributed by atoms with Crippen molar-refractivity contribution in [1.29, 1.82) is 5.26 Å². The zero-order valence-electron chi connectivity index (χ0n) is 8.34. The fourth-order valence-electron chi connectivity index (χ4n) is 1.47. The van der Waals surface area contributed by atoms with Crippen molar-refractivity contribution in [1.82, 2.24) is 4.90 Å². The van der Waals surface area contributed by atoms with Gasteiger partial charge in [0.2, 0.25) is 5.91 Å². The zero-order valence-corrected chi connectivity index (χ0v) is 9.16. The first kappa shape index (κ1) is 10.7. The molecule has 4 nitrogen and oxygen atoms in total. The van der Waals surface area contributed by atoms with E-state index >= 15 is 0 Å². The Balaban J connectivity index is 2.24. The lowest BCUT2D eigenvalue weighted by Gasteiger charge is -2.13. The molecule has 0 radical (unpaired) electrons. The van der Waals surface area contributed by atoms with Crippen LogP contribution in [-0.2, 0) is 11.3 Å². The van der Waals surface area contributed by atoms with E-state index in [-0.39, 0.29) is 23.4 Å².